The first-order valence-corrected chi connectivity index (χ1v) is 7.57. The minimum absolute atomic E-state index is 0.0660. The van der Waals surface area contributed by atoms with Gasteiger partial charge in [0.2, 0.25) is 5.69 Å². The van der Waals surface area contributed by atoms with E-state index in [0.29, 0.717) is 5.56 Å². The molecule has 1 aromatic carbocycles. The van der Waals surface area contributed by atoms with Crippen molar-refractivity contribution in [2.24, 2.45) is 0 Å². The van der Waals surface area contributed by atoms with Gasteiger partial charge in [-0.1, -0.05) is 6.07 Å². The number of carbonyl (C=O) groups excluding carboxylic acids is 1. The van der Waals surface area contributed by atoms with Crippen LogP contribution in [0.15, 0.2) is 27.8 Å². The van der Waals surface area contributed by atoms with Crippen molar-refractivity contribution in [3.05, 3.63) is 56.1 Å². The molecule has 1 heterocycles. The number of halogens is 1. The zero-order valence-corrected chi connectivity index (χ0v) is 14.0. The minimum Gasteiger partial charge on any atom is -0.348 e. The Labute approximate surface area is 137 Å². The van der Waals surface area contributed by atoms with Crippen molar-refractivity contribution < 1.29 is 9.18 Å². The Hall–Kier alpha value is -2.77. The number of benzene rings is 1. The number of hydrogen-bond donors (Lipinski definition) is 1. The number of rotatable bonds is 4. The van der Waals surface area contributed by atoms with Gasteiger partial charge in [0.15, 0.2) is 0 Å². The van der Waals surface area contributed by atoms with Crippen molar-refractivity contribution in [2.45, 2.75) is 40.3 Å². The van der Waals surface area contributed by atoms with Crippen LogP contribution in [0.5, 0.6) is 0 Å². The fraction of sp³-hybridized carbons (Fsp3) is 0.375. The predicted octanol–water partition coefficient (Wildman–Crippen LogP) is 1.000. The Morgan fingerprint density at radius 1 is 1.33 bits per heavy atom. The molecule has 24 heavy (non-hydrogen) atoms. The largest absolute Gasteiger partial charge is 0.352 e. The summed E-state index contributed by atoms with van der Waals surface area (Å²) in [6.45, 7) is 6.73. The second-order valence-electron chi connectivity index (χ2n) is 5.65. The van der Waals surface area contributed by atoms with E-state index in [2.05, 4.69) is 10.4 Å². The van der Waals surface area contributed by atoms with Gasteiger partial charge in [0.1, 0.15) is 5.82 Å². The van der Waals surface area contributed by atoms with E-state index in [1.54, 1.807) is 27.7 Å². The number of nitrogens with zero attached hydrogens (tertiary/aromatic N) is 3. The summed E-state index contributed by atoms with van der Waals surface area (Å²) in [6.07, 6.45) is 0. The second-order valence-corrected chi connectivity index (χ2v) is 5.65. The molecule has 0 aliphatic rings. The van der Waals surface area contributed by atoms with E-state index in [-0.39, 0.29) is 18.3 Å². The lowest BCUT2D eigenvalue weighted by atomic mass is 10.2. The quantitative estimate of drug-likeness (QED) is 0.904. The Balaban J connectivity index is 2.72. The van der Waals surface area contributed by atoms with Crippen LogP contribution in [0.4, 0.5) is 4.39 Å². The SMILES string of the molecule is CCn1c(=O)c(C(=O)NC(C)C)nn(-c2ccc(C)c(F)c2)c1=O. The zero-order valence-electron chi connectivity index (χ0n) is 14.0. The molecule has 0 saturated heterocycles. The summed E-state index contributed by atoms with van der Waals surface area (Å²) in [7, 11) is 0. The molecular weight excluding hydrogens is 315 g/mol. The lowest BCUT2D eigenvalue weighted by Crippen LogP contribution is -2.46. The van der Waals surface area contributed by atoms with Gasteiger partial charge in [-0.2, -0.15) is 9.78 Å². The minimum atomic E-state index is -0.774. The molecule has 1 N–H and O–H groups in total. The van der Waals surface area contributed by atoms with Gasteiger partial charge in [-0.25, -0.2) is 9.18 Å². The van der Waals surface area contributed by atoms with Gasteiger partial charge in [-0.05, 0) is 39.3 Å². The summed E-state index contributed by atoms with van der Waals surface area (Å²) in [5.41, 5.74) is -1.36. The molecular formula is C16H19FN4O3. The molecule has 0 unspecified atom stereocenters. The van der Waals surface area contributed by atoms with Crippen LogP contribution >= 0.6 is 0 Å². The number of carbonyl (C=O) groups is 1. The van der Waals surface area contributed by atoms with Crippen molar-refractivity contribution in [1.82, 2.24) is 19.7 Å². The topological polar surface area (TPSA) is 86.0 Å². The highest BCUT2D eigenvalue weighted by atomic mass is 19.1. The van der Waals surface area contributed by atoms with Crippen LogP contribution < -0.4 is 16.6 Å². The molecule has 0 radical (unpaired) electrons. The molecule has 8 heteroatoms. The van der Waals surface area contributed by atoms with Crippen molar-refractivity contribution in [2.75, 3.05) is 0 Å². The molecule has 1 amide bonds. The summed E-state index contributed by atoms with van der Waals surface area (Å²) in [4.78, 5) is 36.9. The summed E-state index contributed by atoms with van der Waals surface area (Å²) in [5, 5.41) is 6.43. The third-order valence-corrected chi connectivity index (χ3v) is 3.41. The van der Waals surface area contributed by atoms with E-state index < -0.39 is 28.7 Å². The molecule has 2 aromatic rings. The van der Waals surface area contributed by atoms with E-state index in [4.69, 9.17) is 0 Å². The molecule has 0 atom stereocenters. The van der Waals surface area contributed by atoms with E-state index in [1.165, 1.54) is 12.1 Å². The van der Waals surface area contributed by atoms with Crippen LogP contribution in [0, 0.1) is 12.7 Å². The average molecular weight is 334 g/mol. The monoisotopic (exact) mass is 334 g/mol. The van der Waals surface area contributed by atoms with Crippen LogP contribution in [-0.4, -0.2) is 26.3 Å². The lowest BCUT2D eigenvalue weighted by Gasteiger charge is -2.12. The Kier molecular flexibility index (Phi) is 4.96. The maximum atomic E-state index is 13.8. The fourth-order valence-electron chi connectivity index (χ4n) is 2.15. The van der Waals surface area contributed by atoms with Crippen molar-refractivity contribution in [3.63, 3.8) is 0 Å². The molecule has 0 aliphatic heterocycles. The highest BCUT2D eigenvalue weighted by Crippen LogP contribution is 2.11. The normalized spacial score (nSPS) is 10.9. The number of nitrogens with one attached hydrogen (secondary N) is 1. The number of amides is 1. The van der Waals surface area contributed by atoms with Crippen LogP contribution in [0.3, 0.4) is 0 Å². The standard InChI is InChI=1S/C16H19FN4O3/c1-5-20-15(23)13(14(22)18-9(2)3)19-21(16(20)24)11-7-6-10(4)12(17)8-11/h6-9H,5H2,1-4H3,(H,18,22). The fourth-order valence-corrected chi connectivity index (χ4v) is 2.15. The molecule has 2 rings (SSSR count). The van der Waals surface area contributed by atoms with Gasteiger partial charge in [0.25, 0.3) is 11.5 Å². The van der Waals surface area contributed by atoms with Crippen molar-refractivity contribution in [3.8, 4) is 5.69 Å². The maximum absolute atomic E-state index is 13.8. The molecule has 0 saturated carbocycles. The summed E-state index contributed by atoms with van der Waals surface area (Å²) < 4.78 is 15.6. The molecule has 0 spiro atoms. The Morgan fingerprint density at radius 3 is 2.54 bits per heavy atom. The number of aryl methyl sites for hydroxylation is 1. The smallest absolute Gasteiger partial charge is 0.348 e. The molecule has 7 nitrogen and oxygen atoms in total. The second kappa shape index (κ2) is 6.77. The molecule has 1 aromatic heterocycles. The number of hydrogen-bond acceptors (Lipinski definition) is 4. The van der Waals surface area contributed by atoms with Gasteiger partial charge in [0.05, 0.1) is 5.69 Å². The highest BCUT2D eigenvalue weighted by molar-refractivity contribution is 5.91. The Bertz CT molecular complexity index is 899. The maximum Gasteiger partial charge on any atom is 0.352 e. The first-order chi connectivity index (χ1) is 11.3. The van der Waals surface area contributed by atoms with Gasteiger partial charge >= 0.3 is 5.69 Å². The molecule has 0 bridgehead atoms. The van der Waals surface area contributed by atoms with E-state index in [0.717, 1.165) is 15.3 Å². The summed E-state index contributed by atoms with van der Waals surface area (Å²) in [6, 6.07) is 3.93. The van der Waals surface area contributed by atoms with Crippen LogP contribution in [0.2, 0.25) is 0 Å². The van der Waals surface area contributed by atoms with Gasteiger partial charge < -0.3 is 5.32 Å². The molecule has 0 aliphatic carbocycles. The third-order valence-electron chi connectivity index (χ3n) is 3.41. The van der Waals surface area contributed by atoms with Gasteiger partial charge in [0, 0.05) is 18.7 Å². The lowest BCUT2D eigenvalue weighted by molar-refractivity contribution is 0.0933. The zero-order chi connectivity index (χ0) is 18.0. The van der Waals surface area contributed by atoms with Gasteiger partial charge in [-0.3, -0.25) is 14.2 Å². The average Bonchev–Trinajstić information content (AvgIpc) is 2.50. The molecule has 0 fully saturated rings. The molecule has 128 valence electrons. The van der Waals surface area contributed by atoms with Crippen molar-refractivity contribution in [1.29, 1.82) is 0 Å². The first kappa shape index (κ1) is 17.6. The van der Waals surface area contributed by atoms with Crippen LogP contribution in [0.25, 0.3) is 5.69 Å². The van der Waals surface area contributed by atoms with E-state index >= 15 is 0 Å². The highest BCUT2D eigenvalue weighted by Gasteiger charge is 2.20. The van der Waals surface area contributed by atoms with E-state index in [1.807, 2.05) is 0 Å². The number of aromatic nitrogens is 3. The predicted molar refractivity (Wildman–Crippen MR) is 87.1 cm³/mol. The Morgan fingerprint density at radius 2 is 2.00 bits per heavy atom. The van der Waals surface area contributed by atoms with Crippen LogP contribution in [0.1, 0.15) is 36.8 Å². The summed E-state index contributed by atoms with van der Waals surface area (Å²) >= 11 is 0. The summed E-state index contributed by atoms with van der Waals surface area (Å²) in [5.74, 6) is -1.19. The van der Waals surface area contributed by atoms with Crippen molar-refractivity contribution >= 4 is 5.91 Å². The first-order valence-electron chi connectivity index (χ1n) is 7.57. The third kappa shape index (κ3) is 3.27. The van der Waals surface area contributed by atoms with E-state index in [9.17, 15) is 18.8 Å². The van der Waals surface area contributed by atoms with Crippen LogP contribution in [-0.2, 0) is 6.54 Å². The van der Waals surface area contributed by atoms with Gasteiger partial charge in [-0.15, -0.1) is 0 Å².